The maximum atomic E-state index is 5.33. The van der Waals surface area contributed by atoms with Crippen molar-refractivity contribution >= 4 is 131 Å². The molecule has 702 valence electrons. The van der Waals surface area contributed by atoms with Gasteiger partial charge in [0.15, 0.2) is 5.82 Å². The molecule has 0 saturated carbocycles. The summed E-state index contributed by atoms with van der Waals surface area (Å²) in [4.78, 5) is 35.3. The number of rotatable bonds is 15. The van der Waals surface area contributed by atoms with E-state index >= 15 is 0 Å². The lowest BCUT2D eigenvalue weighted by atomic mass is 9.98. The Labute approximate surface area is 863 Å². The Morgan fingerprint density at radius 2 is 0.467 bits per heavy atom. The molecule has 150 heavy (non-hydrogen) atoms. The van der Waals surface area contributed by atoms with Gasteiger partial charge in [-0.2, -0.15) is 0 Å². The van der Waals surface area contributed by atoms with Gasteiger partial charge in [0.2, 0.25) is 0 Å². The summed E-state index contributed by atoms with van der Waals surface area (Å²) in [5.74, 6) is 1.59. The van der Waals surface area contributed by atoms with Gasteiger partial charge >= 0.3 is 0 Å². The standard InChI is InChI=1S/2C46H30N4.C45H29N5/c1-4-14-31(15-5-1)34-29-39(32-16-6-2-7-17-32)48-44(30-34)50-40-22-11-10-20-37(40)45-36(21-12-23-42(45)50)33-25-26-41-38(28-33)46-43(24-13-27-47-46)49(41)35-18-8-3-9-19-35;1-4-14-31(15-5-1)39-29-35(30-40(48-39)32-16-6-2-7-17-32)50-41-22-11-10-20-37(41)45-36(21-12-23-43(45)50)33-25-26-42-38(28-33)46-44(24-13-27-47-46)49(42)34-18-8-3-9-19-34;1-4-14-30(15-5-1)43-41(29-47-45(48-43)31-16-6-2-7-17-31)50-37-22-11-10-20-35(37)42-34(21-12-23-39(42)50)32-25-26-38-36(28-32)44-40(24-13-27-46-44)49(38)33-18-8-3-9-19-33/h2*1-30H;1-29H. The minimum absolute atomic E-state index is 0.700. The Kier molecular flexibility index (Phi) is 21.6. The van der Waals surface area contributed by atoms with E-state index in [4.69, 9.17) is 34.9 Å². The lowest BCUT2D eigenvalue weighted by Crippen LogP contribution is -2.02. The number of fused-ring (bicyclic) bond motifs is 18. The van der Waals surface area contributed by atoms with Crippen LogP contribution in [-0.4, -0.2) is 62.3 Å². The zero-order valence-electron chi connectivity index (χ0n) is 81.2. The molecule has 0 aliphatic carbocycles. The Morgan fingerprint density at radius 1 is 0.160 bits per heavy atom. The summed E-state index contributed by atoms with van der Waals surface area (Å²) in [7, 11) is 0. The molecular weight excluding hydrogens is 1830 g/mol. The number of aromatic nitrogens is 13. The van der Waals surface area contributed by atoms with Crippen molar-refractivity contribution in [1.82, 2.24) is 62.3 Å². The van der Waals surface area contributed by atoms with Crippen LogP contribution in [0, 0.1) is 0 Å². The molecule has 0 aliphatic heterocycles. The third kappa shape index (κ3) is 15.1. The summed E-state index contributed by atoms with van der Waals surface area (Å²) in [6.45, 7) is 0. The zero-order valence-corrected chi connectivity index (χ0v) is 81.2. The molecule has 0 fully saturated rings. The molecule has 0 atom stereocenters. The van der Waals surface area contributed by atoms with Gasteiger partial charge in [-0.3, -0.25) is 19.5 Å². The summed E-state index contributed by atoms with van der Waals surface area (Å²) in [5, 5.41) is 10.6. The van der Waals surface area contributed by atoms with Crippen LogP contribution in [0.1, 0.15) is 0 Å². The van der Waals surface area contributed by atoms with Gasteiger partial charge in [-0.05, 0) is 214 Å². The van der Waals surface area contributed by atoms with E-state index in [1.54, 1.807) is 0 Å². The quantitative estimate of drug-likeness (QED) is 0.100. The summed E-state index contributed by atoms with van der Waals surface area (Å²) in [6, 6.07) is 182. The van der Waals surface area contributed by atoms with Crippen molar-refractivity contribution in [2.24, 2.45) is 0 Å². The Morgan fingerprint density at radius 3 is 0.873 bits per heavy atom. The zero-order chi connectivity index (χ0) is 99.1. The Hall–Kier alpha value is -20.4. The predicted octanol–water partition coefficient (Wildman–Crippen LogP) is 34.4. The molecule has 12 heterocycles. The van der Waals surface area contributed by atoms with Crippen LogP contribution < -0.4 is 0 Å². The number of hydrogen-bond donors (Lipinski definition) is 0. The topological polar surface area (TPSA) is 120 Å². The molecule has 0 unspecified atom stereocenters. The SMILES string of the molecule is c1ccc(-c2cc(-c3ccccc3)nc(-n3c4ccccc4c4c(-c5ccc6c(c5)c5ncccc5n6-c5ccccc5)cccc43)c2)cc1.c1ccc(-c2cc(-n3c4ccccc4c4c(-c5ccc6c(c5)c5ncccc5n6-c5ccccc5)cccc43)cc(-c3ccccc3)n2)cc1.c1ccc(-c2ncc(-n3c4ccccc4c4c(-c5ccc6c(c5)c5ncccc5n6-c5ccccc5)cccc43)c(-c3ccccc3)n2)cc1. The highest BCUT2D eigenvalue weighted by Crippen LogP contribution is 2.48. The average Bonchev–Trinajstić information content (AvgIpc) is 1.57. The lowest BCUT2D eigenvalue weighted by Gasteiger charge is -2.14. The van der Waals surface area contributed by atoms with Crippen molar-refractivity contribution < 1.29 is 0 Å². The second-order valence-electron chi connectivity index (χ2n) is 37.8. The first kappa shape index (κ1) is 87.4. The minimum Gasteiger partial charge on any atom is -0.309 e. The molecule has 0 spiro atoms. The van der Waals surface area contributed by atoms with Crippen LogP contribution in [-0.2, 0) is 0 Å². The smallest absolute Gasteiger partial charge is 0.159 e. The fourth-order valence-electron chi connectivity index (χ4n) is 22.6. The molecule has 0 amide bonds. The van der Waals surface area contributed by atoms with Crippen molar-refractivity contribution in [3.63, 3.8) is 0 Å². The van der Waals surface area contributed by atoms with E-state index in [0.29, 0.717) is 5.82 Å². The van der Waals surface area contributed by atoms with E-state index in [-0.39, 0.29) is 0 Å². The number of para-hydroxylation sites is 6. The third-order valence-electron chi connectivity index (χ3n) is 29.1. The highest BCUT2D eigenvalue weighted by atomic mass is 15.1. The van der Waals surface area contributed by atoms with Gasteiger partial charge in [0.25, 0.3) is 0 Å². The first-order valence-electron chi connectivity index (χ1n) is 50.6. The maximum Gasteiger partial charge on any atom is 0.159 e. The van der Waals surface area contributed by atoms with E-state index in [1.807, 2.05) is 85.5 Å². The molecule has 13 nitrogen and oxygen atoms in total. The number of hydrogen-bond acceptors (Lipinski definition) is 7. The molecule has 0 saturated heterocycles. The van der Waals surface area contributed by atoms with Crippen LogP contribution in [0.5, 0.6) is 0 Å². The third-order valence-corrected chi connectivity index (χ3v) is 29.1. The minimum atomic E-state index is 0.700. The van der Waals surface area contributed by atoms with E-state index in [9.17, 15) is 0 Å². The van der Waals surface area contributed by atoms with Gasteiger partial charge in [-0.1, -0.05) is 346 Å². The highest BCUT2D eigenvalue weighted by molar-refractivity contribution is 6.21. The van der Waals surface area contributed by atoms with Gasteiger partial charge < -0.3 is 22.8 Å². The van der Waals surface area contributed by atoms with Crippen LogP contribution in [0.4, 0.5) is 0 Å². The molecule has 0 N–H and O–H groups in total. The number of nitrogens with zero attached hydrogens (tertiary/aromatic N) is 13. The molecule has 30 aromatic rings. The largest absolute Gasteiger partial charge is 0.309 e. The summed E-state index contributed by atoms with van der Waals surface area (Å²) in [6.07, 6.45) is 7.64. The van der Waals surface area contributed by atoms with Crippen LogP contribution in [0.15, 0.2) is 540 Å². The van der Waals surface area contributed by atoms with Crippen LogP contribution in [0.3, 0.4) is 0 Å². The van der Waals surface area contributed by atoms with Crippen molar-refractivity contribution in [2.45, 2.75) is 0 Å². The summed E-state index contributed by atoms with van der Waals surface area (Å²) in [5.41, 5.74) is 40.1. The van der Waals surface area contributed by atoms with Crippen LogP contribution >= 0.6 is 0 Å². The molecule has 18 aromatic carbocycles. The van der Waals surface area contributed by atoms with Gasteiger partial charge in [0.1, 0.15) is 5.82 Å². The maximum absolute atomic E-state index is 5.33. The molecule has 0 radical (unpaired) electrons. The highest BCUT2D eigenvalue weighted by Gasteiger charge is 2.28. The van der Waals surface area contributed by atoms with Gasteiger partial charge in [-0.25, -0.2) is 19.9 Å². The predicted molar refractivity (Wildman–Crippen MR) is 619 cm³/mol. The summed E-state index contributed by atoms with van der Waals surface area (Å²) >= 11 is 0. The number of benzene rings is 18. The molecule has 30 rings (SSSR count). The van der Waals surface area contributed by atoms with Crippen molar-refractivity contribution in [2.75, 3.05) is 0 Å². The van der Waals surface area contributed by atoms with Gasteiger partial charge in [-0.15, -0.1) is 0 Å². The second kappa shape index (κ2) is 37.1. The first-order valence-corrected chi connectivity index (χ1v) is 50.6. The Balaban J connectivity index is 0.000000108. The molecular formula is C137H89N13. The fourth-order valence-corrected chi connectivity index (χ4v) is 22.6. The molecule has 0 aliphatic rings. The van der Waals surface area contributed by atoms with Crippen LogP contribution in [0.25, 0.3) is 266 Å². The lowest BCUT2D eigenvalue weighted by molar-refractivity contribution is 1.08. The first-order chi connectivity index (χ1) is 74.5. The normalized spacial score (nSPS) is 11.6. The van der Waals surface area contributed by atoms with Crippen molar-refractivity contribution in [1.29, 1.82) is 0 Å². The number of pyridine rings is 5. The van der Waals surface area contributed by atoms with E-state index in [1.165, 1.54) is 49.0 Å². The van der Waals surface area contributed by atoms with Gasteiger partial charge in [0.05, 0.1) is 123 Å². The monoisotopic (exact) mass is 1920 g/mol. The van der Waals surface area contributed by atoms with E-state index < -0.39 is 0 Å². The molecule has 0 bridgehead atoms. The molecule has 13 heteroatoms. The van der Waals surface area contributed by atoms with Crippen molar-refractivity contribution in [3.8, 4) is 135 Å². The van der Waals surface area contributed by atoms with Crippen molar-refractivity contribution in [3.05, 3.63) is 540 Å². The summed E-state index contributed by atoms with van der Waals surface area (Å²) < 4.78 is 14.0. The second-order valence-corrected chi connectivity index (χ2v) is 37.8. The average molecular weight is 1920 g/mol. The van der Waals surface area contributed by atoms with E-state index in [0.717, 1.165) is 212 Å². The van der Waals surface area contributed by atoms with E-state index in [2.05, 4.69) is 482 Å². The molecule has 12 aromatic heterocycles. The van der Waals surface area contributed by atoms with Gasteiger partial charge in [0, 0.05) is 112 Å². The fraction of sp³-hybridized carbons (Fsp3) is 0. The Bertz CT molecular complexity index is 9930. The van der Waals surface area contributed by atoms with Crippen LogP contribution in [0.2, 0.25) is 0 Å².